The summed E-state index contributed by atoms with van der Waals surface area (Å²) in [5.41, 5.74) is 1.77. The number of hydrogen-bond acceptors (Lipinski definition) is 3. The van der Waals surface area contributed by atoms with Crippen LogP contribution in [0, 0.1) is 5.82 Å². The van der Waals surface area contributed by atoms with Gasteiger partial charge in [0.05, 0.1) is 22.8 Å². The van der Waals surface area contributed by atoms with Crippen molar-refractivity contribution in [3.05, 3.63) is 85.0 Å². The zero-order valence-electron chi connectivity index (χ0n) is 15.2. The van der Waals surface area contributed by atoms with Crippen LogP contribution in [-0.2, 0) is 13.2 Å². The first kappa shape index (κ1) is 22.0. The van der Waals surface area contributed by atoms with E-state index in [-0.39, 0.29) is 12.2 Å². The van der Waals surface area contributed by atoms with Crippen molar-refractivity contribution >= 4 is 56.4 Å². The Bertz CT molecular complexity index is 1010. The van der Waals surface area contributed by atoms with Crippen LogP contribution in [0.15, 0.2) is 53.0 Å². The Labute approximate surface area is 191 Å². The van der Waals surface area contributed by atoms with Gasteiger partial charge in [-0.1, -0.05) is 56.8 Å². The van der Waals surface area contributed by atoms with Crippen molar-refractivity contribution in [1.29, 1.82) is 0 Å². The molecule has 0 radical (unpaired) electrons. The smallest absolute Gasteiger partial charge is 0.167 e. The molecule has 3 aromatic rings. The maximum Gasteiger partial charge on any atom is 0.167 e. The predicted octanol–water partition coefficient (Wildman–Crippen LogP) is 7.75. The quantitative estimate of drug-likeness (QED) is 0.346. The van der Waals surface area contributed by atoms with Crippen molar-refractivity contribution in [1.82, 2.24) is 0 Å². The lowest BCUT2D eigenvalue weighted by atomic mass is 10.1. The van der Waals surface area contributed by atoms with Gasteiger partial charge in [0.15, 0.2) is 11.5 Å². The first-order valence-electron chi connectivity index (χ1n) is 8.50. The molecule has 29 heavy (non-hydrogen) atoms. The van der Waals surface area contributed by atoms with E-state index in [1.807, 2.05) is 6.07 Å². The summed E-state index contributed by atoms with van der Waals surface area (Å²) in [6.45, 7) is 0.326. The van der Waals surface area contributed by atoms with E-state index in [1.54, 1.807) is 43.5 Å². The zero-order valence-corrected chi connectivity index (χ0v) is 19.1. The summed E-state index contributed by atoms with van der Waals surface area (Å²) in [5, 5.41) is 4.60. The van der Waals surface area contributed by atoms with Gasteiger partial charge in [-0.3, -0.25) is 0 Å². The van der Waals surface area contributed by atoms with Crippen molar-refractivity contribution in [2.24, 2.45) is 0 Å². The van der Waals surface area contributed by atoms with Crippen molar-refractivity contribution in [3.8, 4) is 11.5 Å². The fourth-order valence-electron chi connectivity index (χ4n) is 2.70. The van der Waals surface area contributed by atoms with Gasteiger partial charge < -0.3 is 14.8 Å². The Morgan fingerprint density at radius 1 is 1.00 bits per heavy atom. The van der Waals surface area contributed by atoms with Crippen LogP contribution in [0.3, 0.4) is 0 Å². The second-order valence-electron chi connectivity index (χ2n) is 6.02. The van der Waals surface area contributed by atoms with E-state index >= 15 is 0 Å². The van der Waals surface area contributed by atoms with Gasteiger partial charge in [-0.2, -0.15) is 0 Å². The van der Waals surface area contributed by atoms with E-state index in [9.17, 15) is 4.39 Å². The molecule has 0 aromatic heterocycles. The zero-order chi connectivity index (χ0) is 21.0. The Kier molecular flexibility index (Phi) is 7.52. The summed E-state index contributed by atoms with van der Waals surface area (Å²) in [7, 11) is 1.54. The Balaban J connectivity index is 1.88. The molecular weight excluding hydrogens is 503 g/mol. The Morgan fingerprint density at radius 2 is 1.79 bits per heavy atom. The molecule has 3 aromatic carbocycles. The molecule has 0 aliphatic rings. The Morgan fingerprint density at radius 3 is 2.48 bits per heavy atom. The summed E-state index contributed by atoms with van der Waals surface area (Å²) in [6.07, 6.45) is 0. The molecule has 0 amide bonds. The second-order valence-corrected chi connectivity index (χ2v) is 8.13. The van der Waals surface area contributed by atoms with Gasteiger partial charge in [-0.15, -0.1) is 0 Å². The van der Waals surface area contributed by atoms with Crippen LogP contribution < -0.4 is 14.8 Å². The van der Waals surface area contributed by atoms with Crippen LogP contribution in [0.5, 0.6) is 11.5 Å². The molecule has 0 fully saturated rings. The fourth-order valence-corrected chi connectivity index (χ4v) is 3.84. The van der Waals surface area contributed by atoms with Gasteiger partial charge >= 0.3 is 0 Å². The second kappa shape index (κ2) is 9.90. The van der Waals surface area contributed by atoms with Crippen LogP contribution in [0.1, 0.15) is 11.1 Å². The molecular formula is C21H16BrCl3FNO2. The number of hydrogen-bond donors (Lipinski definition) is 1. The molecule has 1 N–H and O–H groups in total. The van der Waals surface area contributed by atoms with E-state index in [2.05, 4.69) is 21.2 Å². The molecule has 0 saturated heterocycles. The summed E-state index contributed by atoms with van der Waals surface area (Å²) in [5.74, 6) is 0.553. The van der Waals surface area contributed by atoms with Crippen molar-refractivity contribution in [2.45, 2.75) is 13.2 Å². The van der Waals surface area contributed by atoms with E-state index in [0.29, 0.717) is 38.8 Å². The van der Waals surface area contributed by atoms with Crippen molar-refractivity contribution < 1.29 is 13.9 Å². The summed E-state index contributed by atoms with van der Waals surface area (Å²) in [6, 6.07) is 13.3. The summed E-state index contributed by atoms with van der Waals surface area (Å²) < 4.78 is 26.3. The van der Waals surface area contributed by atoms with Gasteiger partial charge in [-0.05, 0) is 42.5 Å². The van der Waals surface area contributed by atoms with Gasteiger partial charge in [0, 0.05) is 27.2 Å². The fraction of sp³-hybridized carbons (Fsp3) is 0.143. The highest BCUT2D eigenvalue weighted by Gasteiger charge is 2.17. The number of rotatable bonds is 7. The molecule has 3 rings (SSSR count). The van der Waals surface area contributed by atoms with Crippen molar-refractivity contribution in [3.63, 3.8) is 0 Å². The molecule has 0 bridgehead atoms. The van der Waals surface area contributed by atoms with Gasteiger partial charge in [-0.25, -0.2) is 4.39 Å². The molecule has 0 atom stereocenters. The third-order valence-corrected chi connectivity index (χ3v) is 5.84. The molecule has 8 heteroatoms. The van der Waals surface area contributed by atoms with Crippen LogP contribution in [0.2, 0.25) is 15.1 Å². The van der Waals surface area contributed by atoms with E-state index in [0.717, 1.165) is 10.0 Å². The number of nitrogens with one attached hydrogen (secondary N) is 1. The number of benzene rings is 3. The predicted molar refractivity (Wildman–Crippen MR) is 120 cm³/mol. The highest BCUT2D eigenvalue weighted by atomic mass is 79.9. The molecule has 0 saturated carbocycles. The van der Waals surface area contributed by atoms with Crippen LogP contribution >= 0.6 is 50.7 Å². The Hall–Kier alpha value is -1.66. The molecule has 0 spiro atoms. The highest BCUT2D eigenvalue weighted by molar-refractivity contribution is 9.10. The van der Waals surface area contributed by atoms with Crippen LogP contribution in [0.4, 0.5) is 10.1 Å². The lowest BCUT2D eigenvalue weighted by Gasteiger charge is -2.18. The van der Waals surface area contributed by atoms with E-state index in [4.69, 9.17) is 44.3 Å². The van der Waals surface area contributed by atoms with Crippen molar-refractivity contribution in [2.75, 3.05) is 12.4 Å². The monoisotopic (exact) mass is 517 g/mol. The molecule has 0 unspecified atom stereocenters. The van der Waals surface area contributed by atoms with E-state index in [1.165, 1.54) is 6.07 Å². The standard InChI is InChI=1S/C21H16BrCl3FNO2/c1-28-20-8-6-15(22)13(10-27-19-7-5-12(23)9-17(19)25)21(20)29-11-14-16(24)3-2-4-18(14)26/h2-9,27H,10-11H2,1H3. The average Bonchev–Trinajstić information content (AvgIpc) is 2.68. The van der Waals surface area contributed by atoms with Crippen LogP contribution in [0.25, 0.3) is 0 Å². The van der Waals surface area contributed by atoms with Gasteiger partial charge in [0.2, 0.25) is 0 Å². The lowest BCUT2D eigenvalue weighted by Crippen LogP contribution is -2.07. The molecule has 152 valence electrons. The van der Waals surface area contributed by atoms with E-state index < -0.39 is 5.82 Å². The number of ether oxygens (including phenoxy) is 2. The third-order valence-electron chi connectivity index (χ3n) is 4.20. The molecule has 0 heterocycles. The topological polar surface area (TPSA) is 30.5 Å². The van der Waals surface area contributed by atoms with Gasteiger partial charge in [0.1, 0.15) is 12.4 Å². The minimum Gasteiger partial charge on any atom is -0.493 e. The third kappa shape index (κ3) is 5.28. The minimum absolute atomic E-state index is 0.0486. The first-order chi connectivity index (χ1) is 13.9. The molecule has 0 aliphatic carbocycles. The summed E-state index contributed by atoms with van der Waals surface area (Å²) in [4.78, 5) is 0. The maximum atomic E-state index is 14.1. The lowest BCUT2D eigenvalue weighted by molar-refractivity contribution is 0.277. The summed E-state index contributed by atoms with van der Waals surface area (Å²) >= 11 is 21.8. The largest absolute Gasteiger partial charge is 0.493 e. The number of methoxy groups -OCH3 is 1. The SMILES string of the molecule is COc1ccc(Br)c(CNc2ccc(Cl)cc2Cl)c1OCc1c(F)cccc1Cl. The minimum atomic E-state index is -0.431. The molecule has 0 aliphatic heterocycles. The maximum absolute atomic E-state index is 14.1. The van der Waals surface area contributed by atoms with Gasteiger partial charge in [0.25, 0.3) is 0 Å². The van der Waals surface area contributed by atoms with Crippen LogP contribution in [-0.4, -0.2) is 7.11 Å². The first-order valence-corrected chi connectivity index (χ1v) is 10.4. The molecule has 3 nitrogen and oxygen atoms in total. The number of halogens is 5. The highest BCUT2D eigenvalue weighted by Crippen LogP contribution is 2.38. The number of anilines is 1. The average molecular weight is 520 g/mol. The normalized spacial score (nSPS) is 10.7.